The summed E-state index contributed by atoms with van der Waals surface area (Å²) in [6.45, 7) is 10.0. The monoisotopic (exact) mass is 352 g/mol. The van der Waals surface area contributed by atoms with Gasteiger partial charge >= 0.3 is 0 Å². The van der Waals surface area contributed by atoms with E-state index in [1.54, 1.807) is 29.4 Å². The summed E-state index contributed by atoms with van der Waals surface area (Å²) in [4.78, 5) is 25.1. The van der Waals surface area contributed by atoms with Crippen molar-refractivity contribution in [2.75, 3.05) is 31.9 Å². The first-order valence-corrected chi connectivity index (χ1v) is 9.77. The number of thiophene rings is 1. The highest BCUT2D eigenvalue weighted by Crippen LogP contribution is 2.30. The molecule has 5 nitrogen and oxygen atoms in total. The van der Waals surface area contributed by atoms with E-state index in [2.05, 4.69) is 47.0 Å². The number of amides is 1. The smallest absolute Gasteiger partial charge is 0.220 e. The Bertz CT molecular complexity index is 640. The summed E-state index contributed by atoms with van der Waals surface area (Å²) in [5, 5.41) is 5.05. The average molecular weight is 353 g/mol. The van der Waals surface area contributed by atoms with Crippen LogP contribution >= 0.6 is 23.1 Å². The molecule has 23 heavy (non-hydrogen) atoms. The maximum absolute atomic E-state index is 11.9. The van der Waals surface area contributed by atoms with Crippen molar-refractivity contribution >= 4 is 39.2 Å². The molecule has 2 aromatic rings. The third-order valence-corrected chi connectivity index (χ3v) is 5.59. The van der Waals surface area contributed by atoms with E-state index in [1.165, 1.54) is 4.88 Å². The van der Waals surface area contributed by atoms with Crippen LogP contribution < -0.4 is 5.32 Å². The number of carbonyl (C=O) groups excluding carboxylic acids is 1. The zero-order chi connectivity index (χ0) is 16.7. The molecule has 1 amide bonds. The molecule has 2 heterocycles. The fourth-order valence-corrected chi connectivity index (χ4v) is 4.12. The van der Waals surface area contributed by atoms with Gasteiger partial charge in [0.05, 0.1) is 0 Å². The normalized spacial score (nSPS) is 11.3. The number of nitrogens with zero attached hydrogens (tertiary/aromatic N) is 3. The Balaban J connectivity index is 1.74. The molecule has 2 rings (SSSR count). The van der Waals surface area contributed by atoms with Crippen molar-refractivity contribution in [2.24, 2.45) is 0 Å². The molecule has 0 spiro atoms. The first kappa shape index (κ1) is 18.2. The third kappa shape index (κ3) is 5.44. The van der Waals surface area contributed by atoms with Gasteiger partial charge in [-0.25, -0.2) is 9.97 Å². The average Bonchev–Trinajstić information content (AvgIpc) is 2.93. The summed E-state index contributed by atoms with van der Waals surface area (Å²) in [5.74, 6) is 0.842. The fourth-order valence-electron chi connectivity index (χ4n) is 2.29. The molecular formula is C16H24N4OS2. The van der Waals surface area contributed by atoms with Crippen molar-refractivity contribution in [3.05, 3.63) is 17.3 Å². The molecule has 2 aromatic heterocycles. The highest BCUT2D eigenvalue weighted by molar-refractivity contribution is 7.99. The zero-order valence-electron chi connectivity index (χ0n) is 14.0. The lowest BCUT2D eigenvalue weighted by atomic mass is 10.4. The minimum Gasteiger partial charge on any atom is -0.355 e. The van der Waals surface area contributed by atoms with Crippen molar-refractivity contribution < 1.29 is 4.79 Å². The maximum Gasteiger partial charge on any atom is 0.220 e. The van der Waals surface area contributed by atoms with Gasteiger partial charge in [0.15, 0.2) is 0 Å². The molecule has 0 aliphatic carbocycles. The lowest BCUT2D eigenvalue weighted by Crippen LogP contribution is -2.34. The van der Waals surface area contributed by atoms with Gasteiger partial charge in [0.1, 0.15) is 16.2 Å². The number of fused-ring (bicyclic) bond motifs is 1. The van der Waals surface area contributed by atoms with Crippen LogP contribution in [0, 0.1) is 6.92 Å². The van der Waals surface area contributed by atoms with Gasteiger partial charge in [-0.1, -0.05) is 13.8 Å². The number of carbonyl (C=O) groups is 1. The first-order valence-electron chi connectivity index (χ1n) is 7.97. The van der Waals surface area contributed by atoms with Crippen molar-refractivity contribution in [2.45, 2.75) is 32.2 Å². The van der Waals surface area contributed by atoms with E-state index in [9.17, 15) is 4.79 Å². The number of aromatic nitrogens is 2. The molecule has 0 aliphatic rings. The quantitative estimate of drug-likeness (QED) is 0.555. The summed E-state index contributed by atoms with van der Waals surface area (Å²) in [7, 11) is 0. The van der Waals surface area contributed by atoms with Gasteiger partial charge in [0.2, 0.25) is 5.91 Å². The van der Waals surface area contributed by atoms with Gasteiger partial charge in [-0.15, -0.1) is 23.1 Å². The van der Waals surface area contributed by atoms with Gasteiger partial charge in [-0.2, -0.15) is 0 Å². The first-order chi connectivity index (χ1) is 11.1. The molecule has 0 saturated heterocycles. The van der Waals surface area contributed by atoms with Crippen molar-refractivity contribution in [3.63, 3.8) is 0 Å². The van der Waals surface area contributed by atoms with Crippen LogP contribution in [0.15, 0.2) is 17.4 Å². The molecule has 0 aliphatic heterocycles. The minimum atomic E-state index is 0.108. The van der Waals surface area contributed by atoms with Crippen LogP contribution in [0.3, 0.4) is 0 Å². The molecule has 7 heteroatoms. The summed E-state index contributed by atoms with van der Waals surface area (Å²) < 4.78 is 0. The highest BCUT2D eigenvalue weighted by atomic mass is 32.2. The number of nitrogens with one attached hydrogen (secondary N) is 1. The van der Waals surface area contributed by atoms with E-state index in [4.69, 9.17) is 0 Å². The van der Waals surface area contributed by atoms with Crippen LogP contribution in [0.1, 0.15) is 25.1 Å². The molecule has 0 radical (unpaired) electrons. The minimum absolute atomic E-state index is 0.108. The van der Waals surface area contributed by atoms with Gasteiger partial charge in [0.25, 0.3) is 0 Å². The Morgan fingerprint density at radius 1 is 1.35 bits per heavy atom. The number of hydrogen-bond donors (Lipinski definition) is 1. The SMILES string of the molecule is CCN(CC)CCNC(=O)CCSc1ncnc2sc(C)cc12. The predicted molar refractivity (Wildman–Crippen MR) is 98.3 cm³/mol. The molecule has 126 valence electrons. The van der Waals surface area contributed by atoms with Crippen molar-refractivity contribution in [1.82, 2.24) is 20.2 Å². The summed E-state index contributed by atoms with van der Waals surface area (Å²) in [6.07, 6.45) is 2.11. The molecule has 0 atom stereocenters. The van der Waals surface area contributed by atoms with Crippen LogP contribution in [0.5, 0.6) is 0 Å². The van der Waals surface area contributed by atoms with E-state index >= 15 is 0 Å². The number of aryl methyl sites for hydroxylation is 1. The number of thioether (sulfide) groups is 1. The third-order valence-electron chi connectivity index (χ3n) is 3.63. The Morgan fingerprint density at radius 2 is 2.13 bits per heavy atom. The van der Waals surface area contributed by atoms with E-state index in [0.717, 1.165) is 40.6 Å². The van der Waals surface area contributed by atoms with E-state index in [0.29, 0.717) is 13.0 Å². The zero-order valence-corrected chi connectivity index (χ0v) is 15.6. The second-order valence-corrected chi connectivity index (χ2v) is 7.55. The molecule has 0 fully saturated rings. The van der Waals surface area contributed by atoms with E-state index in [1.807, 2.05) is 0 Å². The van der Waals surface area contributed by atoms with Gasteiger partial charge in [-0.3, -0.25) is 4.79 Å². The standard InChI is InChI=1S/C16H24N4OS2/c1-4-20(5-2)8-7-17-14(21)6-9-22-15-13-10-12(3)23-16(13)19-11-18-15/h10-11H,4-9H2,1-3H3,(H,17,21). The molecule has 1 N–H and O–H groups in total. The Morgan fingerprint density at radius 3 is 2.87 bits per heavy atom. The van der Waals surface area contributed by atoms with Gasteiger partial charge in [0, 0.05) is 35.5 Å². The highest BCUT2D eigenvalue weighted by Gasteiger charge is 2.09. The Kier molecular flexibility index (Phi) is 7.26. The largest absolute Gasteiger partial charge is 0.355 e. The lowest BCUT2D eigenvalue weighted by Gasteiger charge is -2.17. The van der Waals surface area contributed by atoms with E-state index in [-0.39, 0.29) is 5.91 Å². The van der Waals surface area contributed by atoms with Crippen LogP contribution in [0.4, 0.5) is 0 Å². The molecule has 0 unspecified atom stereocenters. The number of likely N-dealkylation sites (N-methyl/N-ethyl adjacent to an activating group) is 1. The van der Waals surface area contributed by atoms with Crippen molar-refractivity contribution in [3.8, 4) is 0 Å². The summed E-state index contributed by atoms with van der Waals surface area (Å²) in [6, 6.07) is 2.12. The second kappa shape index (κ2) is 9.20. The summed E-state index contributed by atoms with van der Waals surface area (Å²) in [5.41, 5.74) is 0. The van der Waals surface area contributed by atoms with Crippen LogP contribution in [0.25, 0.3) is 10.2 Å². The predicted octanol–water partition coefficient (Wildman–Crippen LogP) is 2.94. The Labute approximate surface area is 145 Å². The fraction of sp³-hybridized carbons (Fsp3) is 0.562. The topological polar surface area (TPSA) is 58.1 Å². The van der Waals surface area contributed by atoms with Crippen LogP contribution in [-0.2, 0) is 4.79 Å². The maximum atomic E-state index is 11.9. The molecule has 0 saturated carbocycles. The second-order valence-electron chi connectivity index (χ2n) is 5.23. The van der Waals surface area contributed by atoms with Crippen LogP contribution in [-0.4, -0.2) is 52.7 Å². The number of hydrogen-bond acceptors (Lipinski definition) is 6. The summed E-state index contributed by atoms with van der Waals surface area (Å²) >= 11 is 3.30. The Hall–Kier alpha value is -1.18. The van der Waals surface area contributed by atoms with Gasteiger partial charge < -0.3 is 10.2 Å². The lowest BCUT2D eigenvalue weighted by molar-refractivity contribution is -0.120. The van der Waals surface area contributed by atoms with Crippen molar-refractivity contribution in [1.29, 1.82) is 0 Å². The molecule has 0 aromatic carbocycles. The van der Waals surface area contributed by atoms with E-state index < -0.39 is 0 Å². The molecular weight excluding hydrogens is 328 g/mol. The van der Waals surface area contributed by atoms with Crippen LogP contribution in [0.2, 0.25) is 0 Å². The number of rotatable bonds is 9. The van der Waals surface area contributed by atoms with Gasteiger partial charge in [-0.05, 0) is 26.1 Å². The molecule has 0 bridgehead atoms.